The van der Waals surface area contributed by atoms with Gasteiger partial charge in [-0.15, -0.1) is 0 Å². The van der Waals surface area contributed by atoms with E-state index in [1.54, 1.807) is 7.05 Å². The minimum absolute atomic E-state index is 1.07. The van der Waals surface area contributed by atoms with Crippen molar-refractivity contribution in [2.75, 3.05) is 7.05 Å². The molecule has 0 aliphatic rings. The third-order valence-corrected chi connectivity index (χ3v) is 1.23. The van der Waals surface area contributed by atoms with Gasteiger partial charge in [0, 0.05) is 13.3 Å². The lowest BCUT2D eigenvalue weighted by atomic mass is 10.2. The first-order valence-corrected chi connectivity index (χ1v) is 3.59. The molecule has 56 valence electrons. The molecule has 1 heteroatoms. The molecule has 0 aromatic heterocycles. The second-order valence-electron chi connectivity index (χ2n) is 2.00. The standard InChI is InChI=1S/C9H15N/c1-4-6-9(5-2)7-8-10-3/h4,6-8H,5H2,1-3H3/b6-4-,9-7-,10-8?. The van der Waals surface area contributed by atoms with E-state index in [2.05, 4.69) is 18.0 Å². The van der Waals surface area contributed by atoms with Gasteiger partial charge in [-0.3, -0.25) is 4.99 Å². The minimum atomic E-state index is 1.07. The average molecular weight is 137 g/mol. The quantitative estimate of drug-likeness (QED) is 0.419. The first-order valence-electron chi connectivity index (χ1n) is 3.59. The Morgan fingerprint density at radius 1 is 1.50 bits per heavy atom. The zero-order valence-electron chi connectivity index (χ0n) is 6.96. The van der Waals surface area contributed by atoms with Gasteiger partial charge in [0.25, 0.3) is 0 Å². The summed E-state index contributed by atoms with van der Waals surface area (Å²) in [6.45, 7) is 4.15. The molecule has 0 bridgehead atoms. The molecule has 0 N–H and O–H groups in total. The summed E-state index contributed by atoms with van der Waals surface area (Å²) in [7, 11) is 1.78. The van der Waals surface area contributed by atoms with E-state index in [0.717, 1.165) is 6.42 Å². The first-order chi connectivity index (χ1) is 4.85. The Kier molecular flexibility index (Phi) is 5.74. The van der Waals surface area contributed by atoms with E-state index in [1.165, 1.54) is 5.57 Å². The van der Waals surface area contributed by atoms with Crippen molar-refractivity contribution in [2.24, 2.45) is 4.99 Å². The molecular weight excluding hydrogens is 122 g/mol. The highest BCUT2D eigenvalue weighted by Crippen LogP contribution is 2.00. The summed E-state index contributed by atoms with van der Waals surface area (Å²) in [5.74, 6) is 0. The lowest BCUT2D eigenvalue weighted by Gasteiger charge is -1.91. The molecule has 0 heterocycles. The van der Waals surface area contributed by atoms with Gasteiger partial charge >= 0.3 is 0 Å². The molecule has 0 radical (unpaired) electrons. The van der Waals surface area contributed by atoms with Crippen LogP contribution in [0.2, 0.25) is 0 Å². The van der Waals surface area contributed by atoms with Crippen molar-refractivity contribution >= 4 is 6.21 Å². The van der Waals surface area contributed by atoms with Crippen LogP contribution in [0.25, 0.3) is 0 Å². The van der Waals surface area contributed by atoms with Gasteiger partial charge in [-0.25, -0.2) is 0 Å². The number of allylic oxidation sites excluding steroid dienone is 4. The molecular formula is C9H15N. The van der Waals surface area contributed by atoms with E-state index < -0.39 is 0 Å². The summed E-state index contributed by atoms with van der Waals surface area (Å²) in [6.07, 6.45) is 9.05. The van der Waals surface area contributed by atoms with Crippen molar-refractivity contribution < 1.29 is 0 Å². The van der Waals surface area contributed by atoms with Gasteiger partial charge in [0.2, 0.25) is 0 Å². The van der Waals surface area contributed by atoms with E-state index in [1.807, 2.05) is 25.3 Å². The monoisotopic (exact) mass is 137 g/mol. The molecule has 0 aromatic rings. The number of hydrogen-bond donors (Lipinski definition) is 0. The normalized spacial score (nSPS) is 13.7. The highest BCUT2D eigenvalue weighted by molar-refractivity contribution is 5.72. The van der Waals surface area contributed by atoms with Crippen LogP contribution in [0, 0.1) is 0 Å². The molecule has 0 rings (SSSR count). The number of aliphatic imine (C=N–C) groups is 1. The van der Waals surface area contributed by atoms with Gasteiger partial charge in [-0.2, -0.15) is 0 Å². The van der Waals surface area contributed by atoms with Crippen LogP contribution < -0.4 is 0 Å². The number of nitrogens with zero attached hydrogens (tertiary/aromatic N) is 1. The molecule has 10 heavy (non-hydrogen) atoms. The molecule has 1 nitrogen and oxygen atoms in total. The summed E-state index contributed by atoms with van der Waals surface area (Å²) in [4.78, 5) is 3.87. The summed E-state index contributed by atoms with van der Waals surface area (Å²) in [6, 6.07) is 0. The van der Waals surface area contributed by atoms with Gasteiger partial charge in [-0.1, -0.05) is 19.1 Å². The van der Waals surface area contributed by atoms with Crippen molar-refractivity contribution in [1.82, 2.24) is 0 Å². The molecule has 0 saturated carbocycles. The number of rotatable bonds is 3. The first kappa shape index (κ1) is 9.15. The second kappa shape index (κ2) is 6.27. The molecule has 0 atom stereocenters. The molecule has 0 unspecified atom stereocenters. The summed E-state index contributed by atoms with van der Waals surface area (Å²) >= 11 is 0. The van der Waals surface area contributed by atoms with Gasteiger partial charge in [0.05, 0.1) is 0 Å². The lowest BCUT2D eigenvalue weighted by Crippen LogP contribution is -1.74. The molecule has 0 aliphatic heterocycles. The fraction of sp³-hybridized carbons (Fsp3) is 0.444. The van der Waals surface area contributed by atoms with Gasteiger partial charge in [0.15, 0.2) is 0 Å². The Morgan fingerprint density at radius 3 is 2.60 bits per heavy atom. The zero-order valence-corrected chi connectivity index (χ0v) is 6.96. The Morgan fingerprint density at radius 2 is 2.20 bits per heavy atom. The Balaban J connectivity index is 4.04. The largest absolute Gasteiger partial charge is 0.297 e. The van der Waals surface area contributed by atoms with Crippen LogP contribution in [0.5, 0.6) is 0 Å². The maximum Gasteiger partial charge on any atom is 0.0277 e. The van der Waals surface area contributed by atoms with Crippen molar-refractivity contribution in [3.05, 3.63) is 23.8 Å². The predicted octanol–water partition coefficient (Wildman–Crippen LogP) is 2.60. The molecule has 0 spiro atoms. The topological polar surface area (TPSA) is 12.4 Å². The highest BCUT2D eigenvalue weighted by atomic mass is 14.6. The smallest absolute Gasteiger partial charge is 0.0277 e. The fourth-order valence-corrected chi connectivity index (χ4v) is 0.676. The van der Waals surface area contributed by atoms with Crippen molar-refractivity contribution in [1.29, 1.82) is 0 Å². The van der Waals surface area contributed by atoms with Crippen molar-refractivity contribution in [3.8, 4) is 0 Å². The van der Waals surface area contributed by atoms with E-state index in [9.17, 15) is 0 Å². The van der Waals surface area contributed by atoms with Crippen LogP contribution in [0.15, 0.2) is 28.8 Å². The van der Waals surface area contributed by atoms with Crippen LogP contribution >= 0.6 is 0 Å². The summed E-state index contributed by atoms with van der Waals surface area (Å²) < 4.78 is 0. The van der Waals surface area contributed by atoms with E-state index in [-0.39, 0.29) is 0 Å². The Hall–Kier alpha value is -0.850. The Labute approximate surface area is 63.2 Å². The lowest BCUT2D eigenvalue weighted by molar-refractivity contribution is 1.15. The average Bonchev–Trinajstić information content (AvgIpc) is 1.98. The second-order valence-corrected chi connectivity index (χ2v) is 2.00. The highest BCUT2D eigenvalue weighted by Gasteiger charge is 1.81. The van der Waals surface area contributed by atoms with Gasteiger partial charge in [-0.05, 0) is 25.0 Å². The van der Waals surface area contributed by atoms with Crippen LogP contribution in [-0.4, -0.2) is 13.3 Å². The third kappa shape index (κ3) is 4.07. The molecule has 0 aliphatic carbocycles. The SMILES string of the molecule is C/C=C\C(=C/C=NC)CC. The van der Waals surface area contributed by atoms with Crippen LogP contribution in [0.1, 0.15) is 20.3 Å². The predicted molar refractivity (Wildman–Crippen MR) is 47.6 cm³/mol. The summed E-state index contributed by atoms with van der Waals surface area (Å²) in [5, 5.41) is 0. The minimum Gasteiger partial charge on any atom is -0.297 e. The van der Waals surface area contributed by atoms with E-state index >= 15 is 0 Å². The van der Waals surface area contributed by atoms with E-state index in [4.69, 9.17) is 0 Å². The number of hydrogen-bond acceptors (Lipinski definition) is 1. The zero-order chi connectivity index (χ0) is 7.82. The van der Waals surface area contributed by atoms with Crippen LogP contribution in [-0.2, 0) is 0 Å². The van der Waals surface area contributed by atoms with Crippen LogP contribution in [0.3, 0.4) is 0 Å². The Bertz CT molecular complexity index is 152. The molecule has 0 saturated heterocycles. The van der Waals surface area contributed by atoms with Gasteiger partial charge < -0.3 is 0 Å². The summed E-state index contributed by atoms with van der Waals surface area (Å²) in [5.41, 5.74) is 1.31. The molecule has 0 aromatic carbocycles. The van der Waals surface area contributed by atoms with Crippen molar-refractivity contribution in [3.63, 3.8) is 0 Å². The van der Waals surface area contributed by atoms with E-state index in [0.29, 0.717) is 0 Å². The fourth-order valence-electron chi connectivity index (χ4n) is 0.676. The third-order valence-electron chi connectivity index (χ3n) is 1.23. The molecule has 0 fully saturated rings. The maximum atomic E-state index is 3.87. The van der Waals surface area contributed by atoms with Gasteiger partial charge in [0.1, 0.15) is 0 Å². The van der Waals surface area contributed by atoms with Crippen LogP contribution in [0.4, 0.5) is 0 Å². The van der Waals surface area contributed by atoms with Crippen molar-refractivity contribution in [2.45, 2.75) is 20.3 Å². The maximum absolute atomic E-state index is 3.87. The molecule has 0 amide bonds.